The molecule has 9 heavy (non-hydrogen) atoms. The van der Waals surface area contributed by atoms with E-state index in [-0.39, 0.29) is 0 Å². The standard InChI is InChI=1S/C9H13/c1-3-5-7-9-8-6-4-2/h3-7,9H,1,8H2,2H3. The van der Waals surface area contributed by atoms with E-state index < -0.39 is 0 Å². The lowest BCUT2D eigenvalue weighted by molar-refractivity contribution is 1.38. The predicted molar refractivity (Wildman–Crippen MR) is 43.1 cm³/mol. The molecule has 0 aromatic heterocycles. The Morgan fingerprint density at radius 1 is 1.22 bits per heavy atom. The third-order valence-electron chi connectivity index (χ3n) is 0.891. The minimum Gasteiger partial charge on any atom is -0.0914 e. The molecule has 0 heterocycles. The van der Waals surface area contributed by atoms with E-state index in [1.54, 1.807) is 6.08 Å². The maximum absolute atomic E-state index is 3.55. The van der Waals surface area contributed by atoms with Gasteiger partial charge in [-0.2, -0.15) is 0 Å². The maximum atomic E-state index is 3.55. The van der Waals surface area contributed by atoms with Crippen molar-refractivity contribution in [1.82, 2.24) is 0 Å². The van der Waals surface area contributed by atoms with Crippen molar-refractivity contribution >= 4 is 0 Å². The highest BCUT2D eigenvalue weighted by Gasteiger charge is 1.64. The van der Waals surface area contributed by atoms with Crippen molar-refractivity contribution in [2.45, 2.75) is 13.3 Å². The normalized spacial score (nSPS) is 12.7. The molecule has 0 nitrogen and oxygen atoms in total. The molecule has 0 aliphatic rings. The predicted octanol–water partition coefficient (Wildman–Crippen LogP) is 2.90. The first-order chi connectivity index (χ1) is 4.41. The third kappa shape index (κ3) is 7.22. The van der Waals surface area contributed by atoms with Crippen LogP contribution in [0.25, 0.3) is 0 Å². The SMILES string of the molecule is [CH2]C=CC=CCC=CC. The number of hydrogen-bond acceptors (Lipinski definition) is 0. The quantitative estimate of drug-likeness (QED) is 0.398. The first-order valence-electron chi connectivity index (χ1n) is 3.14. The van der Waals surface area contributed by atoms with Crippen LogP contribution in [-0.2, 0) is 0 Å². The summed E-state index contributed by atoms with van der Waals surface area (Å²) in [5, 5.41) is 0. The van der Waals surface area contributed by atoms with Crippen molar-refractivity contribution in [1.29, 1.82) is 0 Å². The zero-order valence-electron chi connectivity index (χ0n) is 5.88. The van der Waals surface area contributed by atoms with Crippen molar-refractivity contribution in [3.05, 3.63) is 43.4 Å². The molecule has 0 rings (SSSR count). The largest absolute Gasteiger partial charge is 0.0914 e. The Hall–Kier alpha value is -0.780. The van der Waals surface area contributed by atoms with E-state index in [0.29, 0.717) is 0 Å². The maximum Gasteiger partial charge on any atom is -0.0166 e. The van der Waals surface area contributed by atoms with E-state index >= 15 is 0 Å². The summed E-state index contributed by atoms with van der Waals surface area (Å²) in [5.41, 5.74) is 0. The van der Waals surface area contributed by atoms with Crippen LogP contribution in [0.3, 0.4) is 0 Å². The summed E-state index contributed by atoms with van der Waals surface area (Å²) in [6.45, 7) is 5.57. The third-order valence-corrected chi connectivity index (χ3v) is 0.891. The van der Waals surface area contributed by atoms with Crippen LogP contribution in [0.2, 0.25) is 0 Å². The average Bonchev–Trinajstić information content (AvgIpc) is 1.89. The van der Waals surface area contributed by atoms with E-state index in [1.807, 2.05) is 25.2 Å². The fourth-order valence-electron chi connectivity index (χ4n) is 0.450. The second kappa shape index (κ2) is 7.22. The molecule has 0 aromatic carbocycles. The first-order valence-corrected chi connectivity index (χ1v) is 3.14. The fraction of sp³-hybridized carbons (Fsp3) is 0.222. The molecular weight excluding hydrogens is 108 g/mol. The molecule has 0 fully saturated rings. The summed E-state index contributed by atoms with van der Waals surface area (Å²) >= 11 is 0. The van der Waals surface area contributed by atoms with Gasteiger partial charge in [0.1, 0.15) is 0 Å². The lowest BCUT2D eigenvalue weighted by atomic mass is 10.3. The summed E-state index contributed by atoms with van der Waals surface area (Å²) in [7, 11) is 0. The second-order valence-electron chi connectivity index (χ2n) is 1.66. The van der Waals surface area contributed by atoms with Crippen LogP contribution < -0.4 is 0 Å². The van der Waals surface area contributed by atoms with Gasteiger partial charge in [0.15, 0.2) is 0 Å². The minimum atomic E-state index is 1.01. The zero-order valence-corrected chi connectivity index (χ0v) is 5.88. The Bertz CT molecular complexity index is 116. The summed E-state index contributed by atoms with van der Waals surface area (Å²) in [5.74, 6) is 0. The molecule has 0 amide bonds. The van der Waals surface area contributed by atoms with Crippen molar-refractivity contribution in [3.63, 3.8) is 0 Å². The molecule has 0 bridgehead atoms. The monoisotopic (exact) mass is 121 g/mol. The van der Waals surface area contributed by atoms with Crippen molar-refractivity contribution in [2.24, 2.45) is 0 Å². The lowest BCUT2D eigenvalue weighted by Crippen LogP contribution is -1.54. The Kier molecular flexibility index (Phi) is 6.59. The molecule has 0 aliphatic carbocycles. The van der Waals surface area contributed by atoms with Crippen LogP contribution in [0.15, 0.2) is 36.5 Å². The van der Waals surface area contributed by atoms with Crippen molar-refractivity contribution in [3.8, 4) is 0 Å². The number of hydrogen-bond donors (Lipinski definition) is 0. The summed E-state index contributed by atoms with van der Waals surface area (Å²) < 4.78 is 0. The number of rotatable bonds is 3. The topological polar surface area (TPSA) is 0 Å². The van der Waals surface area contributed by atoms with Gasteiger partial charge in [0.05, 0.1) is 0 Å². The van der Waals surface area contributed by atoms with Gasteiger partial charge in [-0.1, -0.05) is 36.5 Å². The van der Waals surface area contributed by atoms with E-state index in [2.05, 4.69) is 19.1 Å². The molecule has 0 aliphatic heterocycles. The first kappa shape index (κ1) is 8.22. The Morgan fingerprint density at radius 3 is 2.56 bits per heavy atom. The van der Waals surface area contributed by atoms with E-state index in [9.17, 15) is 0 Å². The molecule has 0 unspecified atom stereocenters. The average molecular weight is 121 g/mol. The van der Waals surface area contributed by atoms with Gasteiger partial charge in [0, 0.05) is 0 Å². The van der Waals surface area contributed by atoms with E-state index in [0.717, 1.165) is 6.42 Å². The molecule has 49 valence electrons. The van der Waals surface area contributed by atoms with Gasteiger partial charge in [-0.05, 0) is 20.3 Å². The Morgan fingerprint density at radius 2 is 2.00 bits per heavy atom. The van der Waals surface area contributed by atoms with E-state index in [4.69, 9.17) is 0 Å². The van der Waals surface area contributed by atoms with Gasteiger partial charge in [0.25, 0.3) is 0 Å². The van der Waals surface area contributed by atoms with Gasteiger partial charge >= 0.3 is 0 Å². The minimum absolute atomic E-state index is 1.01. The van der Waals surface area contributed by atoms with Gasteiger partial charge < -0.3 is 0 Å². The fourth-order valence-corrected chi connectivity index (χ4v) is 0.450. The summed E-state index contributed by atoms with van der Waals surface area (Å²) in [6, 6.07) is 0. The zero-order chi connectivity index (χ0) is 6.95. The van der Waals surface area contributed by atoms with Crippen LogP contribution in [-0.4, -0.2) is 0 Å². The molecule has 0 saturated heterocycles. The van der Waals surface area contributed by atoms with Crippen LogP contribution in [0.4, 0.5) is 0 Å². The molecule has 1 radical (unpaired) electrons. The van der Waals surface area contributed by atoms with Crippen LogP contribution in [0.1, 0.15) is 13.3 Å². The van der Waals surface area contributed by atoms with Crippen molar-refractivity contribution < 1.29 is 0 Å². The highest BCUT2D eigenvalue weighted by Crippen LogP contribution is 1.85. The summed E-state index contributed by atoms with van der Waals surface area (Å²) in [4.78, 5) is 0. The summed E-state index contributed by atoms with van der Waals surface area (Å²) in [6.07, 6.45) is 12.9. The Labute approximate surface area is 57.6 Å². The lowest BCUT2D eigenvalue weighted by Gasteiger charge is -1.75. The molecule has 0 atom stereocenters. The second-order valence-corrected chi connectivity index (χ2v) is 1.66. The van der Waals surface area contributed by atoms with E-state index in [1.165, 1.54) is 0 Å². The Balaban J connectivity index is 3.25. The van der Waals surface area contributed by atoms with Crippen LogP contribution in [0, 0.1) is 6.92 Å². The molecule has 0 aromatic rings. The molecule has 0 saturated carbocycles. The van der Waals surface area contributed by atoms with Gasteiger partial charge in [0.2, 0.25) is 0 Å². The number of allylic oxidation sites excluding steroid dienone is 6. The highest BCUT2D eigenvalue weighted by molar-refractivity contribution is 5.05. The molecular formula is C9H13. The van der Waals surface area contributed by atoms with Crippen LogP contribution >= 0.6 is 0 Å². The van der Waals surface area contributed by atoms with Gasteiger partial charge in [-0.15, -0.1) is 0 Å². The molecule has 0 heteroatoms. The molecule has 0 N–H and O–H groups in total. The van der Waals surface area contributed by atoms with Gasteiger partial charge in [-0.3, -0.25) is 0 Å². The van der Waals surface area contributed by atoms with Crippen molar-refractivity contribution in [2.75, 3.05) is 0 Å². The molecule has 0 spiro atoms. The van der Waals surface area contributed by atoms with Crippen LogP contribution in [0.5, 0.6) is 0 Å². The smallest absolute Gasteiger partial charge is 0.0166 e. The van der Waals surface area contributed by atoms with Gasteiger partial charge in [-0.25, -0.2) is 0 Å². The highest BCUT2D eigenvalue weighted by atomic mass is 13.7.